The van der Waals surface area contributed by atoms with E-state index in [2.05, 4.69) is 10.6 Å². The van der Waals surface area contributed by atoms with Gasteiger partial charge in [0.25, 0.3) is 5.91 Å². The third-order valence-corrected chi connectivity index (χ3v) is 5.17. The van der Waals surface area contributed by atoms with Crippen LogP contribution in [0.2, 0.25) is 0 Å². The highest BCUT2D eigenvalue weighted by molar-refractivity contribution is 6.03. The number of benzene rings is 1. The molecule has 1 aromatic carbocycles. The van der Waals surface area contributed by atoms with Gasteiger partial charge in [0.1, 0.15) is 12.3 Å². The predicted molar refractivity (Wildman–Crippen MR) is 142 cm³/mol. The Hall–Kier alpha value is -3.43. The van der Waals surface area contributed by atoms with E-state index in [-0.39, 0.29) is 37.0 Å². The van der Waals surface area contributed by atoms with Crippen LogP contribution in [0.5, 0.6) is 0 Å². The Kier molecular flexibility index (Phi) is 19.4. The number of hydrogen-bond acceptors (Lipinski definition) is 11. The number of ether oxygens (including phenoxy) is 5. The summed E-state index contributed by atoms with van der Waals surface area (Å²) in [5.41, 5.74) is 6.09. The molecule has 40 heavy (non-hydrogen) atoms. The molecule has 0 heterocycles. The molecule has 0 saturated carbocycles. The van der Waals surface area contributed by atoms with Crippen molar-refractivity contribution in [1.82, 2.24) is 5.32 Å². The summed E-state index contributed by atoms with van der Waals surface area (Å²) in [5.74, 6) is -2.30. The number of carbonyl (C=O) groups is 5. The van der Waals surface area contributed by atoms with Gasteiger partial charge in [-0.25, -0.2) is 0 Å². The maximum absolute atomic E-state index is 12.5. The summed E-state index contributed by atoms with van der Waals surface area (Å²) in [5, 5.41) is 14.0. The fourth-order valence-electron chi connectivity index (χ4n) is 3.14. The van der Waals surface area contributed by atoms with Crippen molar-refractivity contribution in [3.63, 3.8) is 0 Å². The summed E-state index contributed by atoms with van der Waals surface area (Å²) in [6.07, 6.45) is 1.28. The predicted octanol–water partition coefficient (Wildman–Crippen LogP) is 0.0315. The molecule has 0 radical (unpaired) electrons. The first kappa shape index (κ1) is 34.6. The number of hydrogen-bond donors (Lipinski definition) is 4. The third kappa shape index (κ3) is 16.5. The second kappa shape index (κ2) is 22.4. The maximum Gasteiger partial charge on any atom is 0.305 e. The molecule has 0 aromatic heterocycles. The van der Waals surface area contributed by atoms with Crippen molar-refractivity contribution in [2.45, 2.75) is 25.3 Å². The number of primary amides is 1. The summed E-state index contributed by atoms with van der Waals surface area (Å²) < 4.78 is 26.7. The zero-order valence-electron chi connectivity index (χ0n) is 22.5. The topological polar surface area (TPSA) is 202 Å². The van der Waals surface area contributed by atoms with Gasteiger partial charge in [-0.1, -0.05) is 0 Å². The average molecular weight is 570 g/mol. The van der Waals surface area contributed by atoms with Crippen molar-refractivity contribution in [2.24, 2.45) is 5.73 Å². The molecule has 5 N–H and O–H groups in total. The van der Waals surface area contributed by atoms with E-state index < -0.39 is 23.8 Å². The Morgan fingerprint density at radius 3 is 1.90 bits per heavy atom. The van der Waals surface area contributed by atoms with Crippen LogP contribution in [0.4, 0.5) is 5.69 Å². The van der Waals surface area contributed by atoms with E-state index in [0.29, 0.717) is 84.3 Å². The van der Waals surface area contributed by atoms with Gasteiger partial charge in [-0.3, -0.25) is 19.2 Å². The SMILES string of the molecule is NC(=O)C(CCC=O)NC(=O)c1ccc(NCCOCCOCCOCCOCCOCCC(=O)O)cc1C=O. The van der Waals surface area contributed by atoms with Gasteiger partial charge in [-0.05, 0) is 24.6 Å². The van der Waals surface area contributed by atoms with Gasteiger partial charge in [0.05, 0.1) is 72.5 Å². The van der Waals surface area contributed by atoms with Crippen molar-refractivity contribution in [3.05, 3.63) is 29.3 Å². The van der Waals surface area contributed by atoms with E-state index in [9.17, 15) is 24.0 Å². The molecular formula is C26H39N3O11. The zero-order chi connectivity index (χ0) is 29.4. The molecule has 1 aromatic rings. The monoisotopic (exact) mass is 569 g/mol. The summed E-state index contributed by atoms with van der Waals surface area (Å²) in [6.45, 7) is 4.12. The minimum Gasteiger partial charge on any atom is -0.481 e. The summed E-state index contributed by atoms with van der Waals surface area (Å²) >= 11 is 0. The molecule has 0 spiro atoms. The number of amides is 2. The minimum atomic E-state index is -1.01. The first-order valence-corrected chi connectivity index (χ1v) is 12.9. The normalized spacial score (nSPS) is 11.5. The highest BCUT2D eigenvalue weighted by Gasteiger charge is 2.20. The second-order valence-electron chi connectivity index (χ2n) is 8.22. The van der Waals surface area contributed by atoms with Gasteiger partial charge in [0.15, 0.2) is 6.29 Å². The highest BCUT2D eigenvalue weighted by Crippen LogP contribution is 2.15. The molecule has 0 aliphatic heterocycles. The number of nitrogens with one attached hydrogen (secondary N) is 2. The lowest BCUT2D eigenvalue weighted by molar-refractivity contribution is -0.138. The van der Waals surface area contributed by atoms with Crippen LogP contribution in [0.1, 0.15) is 40.0 Å². The van der Waals surface area contributed by atoms with E-state index in [4.69, 9.17) is 34.5 Å². The molecule has 14 heteroatoms. The van der Waals surface area contributed by atoms with Gasteiger partial charge >= 0.3 is 5.97 Å². The van der Waals surface area contributed by atoms with Crippen LogP contribution in [-0.2, 0) is 38.1 Å². The average Bonchev–Trinajstić information content (AvgIpc) is 2.93. The largest absolute Gasteiger partial charge is 0.481 e. The fourth-order valence-corrected chi connectivity index (χ4v) is 3.14. The van der Waals surface area contributed by atoms with Gasteiger partial charge in [0.2, 0.25) is 5.91 Å². The Bertz CT molecular complexity index is 914. The standard InChI is InChI=1S/C26H39N3O11/c27-25(34)23(2-1-7-30)29-26(35)22-4-3-21(18-20(22)19-31)28-6-9-37-11-13-39-15-17-40-16-14-38-12-10-36-8-5-24(32)33/h3-4,7,18-19,23,28H,1-2,5-6,8-17H2,(H2,27,34)(H,29,35)(H,32,33). The van der Waals surface area contributed by atoms with Crippen LogP contribution in [0.25, 0.3) is 0 Å². The Balaban J connectivity index is 2.11. The molecular weight excluding hydrogens is 530 g/mol. The van der Waals surface area contributed by atoms with Crippen molar-refractivity contribution in [2.75, 3.05) is 77.9 Å². The molecule has 14 nitrogen and oxygen atoms in total. The molecule has 0 aliphatic rings. The Morgan fingerprint density at radius 1 is 0.850 bits per heavy atom. The van der Waals surface area contributed by atoms with E-state index in [1.807, 2.05) is 0 Å². The van der Waals surface area contributed by atoms with Crippen molar-refractivity contribution >= 4 is 36.0 Å². The van der Waals surface area contributed by atoms with Gasteiger partial charge in [0, 0.05) is 29.8 Å². The van der Waals surface area contributed by atoms with Crippen LogP contribution in [0.15, 0.2) is 18.2 Å². The Labute approximate surface area is 232 Å². The van der Waals surface area contributed by atoms with Crippen LogP contribution in [0, 0.1) is 0 Å². The molecule has 224 valence electrons. The molecule has 1 unspecified atom stereocenters. The number of nitrogens with two attached hydrogens (primary N) is 1. The number of carboxylic acids is 1. The molecule has 0 bridgehead atoms. The summed E-state index contributed by atoms with van der Waals surface area (Å²) in [7, 11) is 0. The third-order valence-electron chi connectivity index (χ3n) is 5.17. The summed E-state index contributed by atoms with van der Waals surface area (Å²) in [6, 6.07) is 3.58. The zero-order valence-corrected chi connectivity index (χ0v) is 22.5. The number of aldehydes is 2. The number of carboxylic acid groups (broad SMARTS) is 1. The molecule has 0 fully saturated rings. The minimum absolute atomic E-state index is 0.0271. The molecule has 1 atom stereocenters. The van der Waals surface area contributed by atoms with Crippen LogP contribution >= 0.6 is 0 Å². The van der Waals surface area contributed by atoms with Crippen molar-refractivity contribution in [1.29, 1.82) is 0 Å². The second-order valence-corrected chi connectivity index (χ2v) is 8.22. The van der Waals surface area contributed by atoms with Crippen molar-refractivity contribution < 1.29 is 52.8 Å². The van der Waals surface area contributed by atoms with Crippen LogP contribution in [0.3, 0.4) is 0 Å². The molecule has 2 amide bonds. The summed E-state index contributed by atoms with van der Waals surface area (Å²) in [4.78, 5) is 56.4. The van der Waals surface area contributed by atoms with E-state index in [1.165, 1.54) is 12.1 Å². The lowest BCUT2D eigenvalue weighted by Gasteiger charge is -2.15. The van der Waals surface area contributed by atoms with Crippen LogP contribution < -0.4 is 16.4 Å². The smallest absolute Gasteiger partial charge is 0.305 e. The lowest BCUT2D eigenvalue weighted by Crippen LogP contribution is -2.44. The molecule has 0 aliphatic carbocycles. The molecule has 0 saturated heterocycles. The fraction of sp³-hybridized carbons (Fsp3) is 0.577. The first-order chi connectivity index (χ1) is 19.4. The Morgan fingerprint density at radius 2 is 1.40 bits per heavy atom. The van der Waals surface area contributed by atoms with Gasteiger partial charge in [-0.2, -0.15) is 0 Å². The number of carbonyl (C=O) groups excluding carboxylic acids is 4. The van der Waals surface area contributed by atoms with E-state index >= 15 is 0 Å². The highest BCUT2D eigenvalue weighted by atomic mass is 16.6. The number of anilines is 1. The van der Waals surface area contributed by atoms with Gasteiger partial charge < -0.3 is 50.0 Å². The quantitative estimate of drug-likeness (QED) is 0.0862. The lowest BCUT2D eigenvalue weighted by atomic mass is 10.1. The van der Waals surface area contributed by atoms with Gasteiger partial charge in [-0.15, -0.1) is 0 Å². The number of rotatable bonds is 26. The maximum atomic E-state index is 12.5. The van der Waals surface area contributed by atoms with E-state index in [1.54, 1.807) is 6.07 Å². The van der Waals surface area contributed by atoms with E-state index in [0.717, 1.165) is 0 Å². The molecule has 1 rings (SSSR count). The van der Waals surface area contributed by atoms with Crippen LogP contribution in [-0.4, -0.2) is 114 Å². The first-order valence-electron chi connectivity index (χ1n) is 12.9. The number of aliphatic carboxylic acids is 1. The van der Waals surface area contributed by atoms with Crippen molar-refractivity contribution in [3.8, 4) is 0 Å².